The van der Waals surface area contributed by atoms with E-state index in [9.17, 15) is 0 Å². The topological polar surface area (TPSA) is 48.8 Å². The molecule has 2 aromatic rings. The van der Waals surface area contributed by atoms with Crippen molar-refractivity contribution in [1.29, 1.82) is 0 Å². The molecule has 1 atom stereocenters. The van der Waals surface area contributed by atoms with Gasteiger partial charge in [0.05, 0.1) is 11.8 Å². The van der Waals surface area contributed by atoms with Gasteiger partial charge in [-0.2, -0.15) is 5.10 Å². The molecule has 0 amide bonds. The van der Waals surface area contributed by atoms with Gasteiger partial charge in [0.15, 0.2) is 11.5 Å². The van der Waals surface area contributed by atoms with Gasteiger partial charge in [0.2, 0.25) is 0 Å². The molecule has 3 heterocycles. The number of aromatic nitrogens is 2. The average Bonchev–Trinajstić information content (AvgIpc) is 3.07. The smallest absolute Gasteiger partial charge is 0.162 e. The molecule has 0 bridgehead atoms. The molecular weight excluding hydrogens is 342 g/mol. The molecule has 2 aliphatic rings. The van der Waals surface area contributed by atoms with Gasteiger partial charge in [0.25, 0.3) is 0 Å². The van der Waals surface area contributed by atoms with E-state index in [-0.39, 0.29) is 0 Å². The van der Waals surface area contributed by atoms with Gasteiger partial charge in [-0.05, 0) is 50.9 Å². The predicted octanol–water partition coefficient (Wildman–Crippen LogP) is 3.25. The summed E-state index contributed by atoms with van der Waals surface area (Å²) in [6, 6.07) is 6.08. The van der Waals surface area contributed by atoms with Gasteiger partial charge in [0.1, 0.15) is 13.2 Å². The second-order valence-electron chi connectivity index (χ2n) is 7.55. The number of benzene rings is 1. The number of fused-ring (bicyclic) bond motifs is 1. The third-order valence-electron chi connectivity index (χ3n) is 5.27. The molecule has 1 unspecified atom stereocenters. The molecule has 27 heavy (non-hydrogen) atoms. The highest BCUT2D eigenvalue weighted by molar-refractivity contribution is 5.66. The Labute approximate surface area is 161 Å². The van der Waals surface area contributed by atoms with Crippen LogP contribution in [-0.2, 0) is 18.3 Å². The van der Waals surface area contributed by atoms with Crippen molar-refractivity contribution in [2.75, 3.05) is 33.4 Å². The molecule has 6 nitrogen and oxygen atoms in total. The van der Waals surface area contributed by atoms with Crippen molar-refractivity contribution in [3.63, 3.8) is 0 Å². The Kier molecular flexibility index (Phi) is 5.64. The Hall–Kier alpha value is -2.05. The van der Waals surface area contributed by atoms with Crippen molar-refractivity contribution in [3.05, 3.63) is 30.0 Å². The highest BCUT2D eigenvalue weighted by Crippen LogP contribution is 2.35. The normalized spacial score (nSPS) is 19.4. The number of aryl methyl sites for hydroxylation is 1. The van der Waals surface area contributed by atoms with Gasteiger partial charge < -0.3 is 19.1 Å². The molecule has 0 spiro atoms. The van der Waals surface area contributed by atoms with Crippen molar-refractivity contribution < 1.29 is 14.2 Å². The monoisotopic (exact) mass is 371 g/mol. The second-order valence-corrected chi connectivity index (χ2v) is 7.55. The summed E-state index contributed by atoms with van der Waals surface area (Å²) in [5.74, 6) is 1.62. The fraction of sp³-hybridized carbons (Fsp3) is 0.571. The summed E-state index contributed by atoms with van der Waals surface area (Å²) in [4.78, 5) is 2.36. The van der Waals surface area contributed by atoms with E-state index in [0.717, 1.165) is 48.9 Å². The molecule has 2 aliphatic heterocycles. The highest BCUT2D eigenvalue weighted by atomic mass is 16.6. The van der Waals surface area contributed by atoms with Gasteiger partial charge in [-0.15, -0.1) is 0 Å². The summed E-state index contributed by atoms with van der Waals surface area (Å²) >= 11 is 0. The summed E-state index contributed by atoms with van der Waals surface area (Å²) in [6.45, 7) is 4.02. The van der Waals surface area contributed by atoms with Gasteiger partial charge in [-0.1, -0.05) is 0 Å². The minimum Gasteiger partial charge on any atom is -0.486 e. The lowest BCUT2D eigenvalue weighted by Gasteiger charge is -2.25. The van der Waals surface area contributed by atoms with Crippen LogP contribution in [0.3, 0.4) is 0 Å². The Bertz CT molecular complexity index is 768. The Morgan fingerprint density at radius 1 is 1.15 bits per heavy atom. The second kappa shape index (κ2) is 8.31. The first-order valence-electron chi connectivity index (χ1n) is 9.92. The maximum atomic E-state index is 5.86. The van der Waals surface area contributed by atoms with Crippen LogP contribution in [-0.4, -0.2) is 54.2 Å². The van der Waals surface area contributed by atoms with Crippen LogP contribution >= 0.6 is 0 Å². The molecule has 6 heteroatoms. The zero-order chi connectivity index (χ0) is 18.6. The van der Waals surface area contributed by atoms with E-state index in [1.807, 2.05) is 23.9 Å². The standard InChI is InChI=1S/C21H29N3O3/c1-23(9-8-18-5-3-4-10-25-18)14-17-15-24(2)22-21(17)16-6-7-19-20(13-16)27-12-11-26-19/h6-7,13,15,18H,3-5,8-12,14H2,1-2H3. The summed E-state index contributed by atoms with van der Waals surface area (Å²) < 4.78 is 19.1. The number of hydrogen-bond acceptors (Lipinski definition) is 5. The number of rotatable bonds is 6. The molecule has 1 aromatic carbocycles. The molecule has 0 saturated carbocycles. The van der Waals surface area contributed by atoms with Crippen molar-refractivity contribution in [2.45, 2.75) is 38.3 Å². The number of nitrogens with zero attached hydrogens (tertiary/aromatic N) is 3. The van der Waals surface area contributed by atoms with Crippen LogP contribution in [0.1, 0.15) is 31.2 Å². The van der Waals surface area contributed by atoms with E-state index in [4.69, 9.17) is 19.3 Å². The Morgan fingerprint density at radius 2 is 2.00 bits per heavy atom. The highest BCUT2D eigenvalue weighted by Gasteiger charge is 2.18. The maximum Gasteiger partial charge on any atom is 0.162 e. The summed E-state index contributed by atoms with van der Waals surface area (Å²) in [5, 5.41) is 4.70. The van der Waals surface area contributed by atoms with Crippen LogP contribution in [0.15, 0.2) is 24.4 Å². The Balaban J connectivity index is 1.44. The SMILES string of the molecule is CN(CCC1CCCCO1)Cc1cn(C)nc1-c1ccc2c(c1)OCCO2. The van der Waals surface area contributed by atoms with E-state index < -0.39 is 0 Å². The van der Waals surface area contributed by atoms with Crippen LogP contribution in [0.4, 0.5) is 0 Å². The fourth-order valence-corrected chi connectivity index (χ4v) is 3.86. The molecular formula is C21H29N3O3. The van der Waals surface area contributed by atoms with Crippen LogP contribution < -0.4 is 9.47 Å². The third-order valence-corrected chi connectivity index (χ3v) is 5.27. The van der Waals surface area contributed by atoms with Gasteiger partial charge in [0, 0.05) is 44.1 Å². The number of hydrogen-bond donors (Lipinski definition) is 0. The minimum absolute atomic E-state index is 0.423. The predicted molar refractivity (Wildman–Crippen MR) is 104 cm³/mol. The van der Waals surface area contributed by atoms with Crippen molar-refractivity contribution >= 4 is 0 Å². The molecule has 1 fully saturated rings. The third kappa shape index (κ3) is 4.45. The van der Waals surface area contributed by atoms with Crippen LogP contribution in [0, 0.1) is 0 Å². The molecule has 1 aromatic heterocycles. The summed E-state index contributed by atoms with van der Waals surface area (Å²) in [5.41, 5.74) is 3.30. The lowest BCUT2D eigenvalue weighted by Crippen LogP contribution is -2.26. The molecule has 146 valence electrons. The van der Waals surface area contributed by atoms with Crippen molar-refractivity contribution in [2.24, 2.45) is 7.05 Å². The molecule has 0 radical (unpaired) electrons. The van der Waals surface area contributed by atoms with Crippen LogP contribution in [0.5, 0.6) is 11.5 Å². The zero-order valence-electron chi connectivity index (χ0n) is 16.3. The lowest BCUT2D eigenvalue weighted by atomic mass is 10.1. The first-order valence-corrected chi connectivity index (χ1v) is 9.92. The van der Waals surface area contributed by atoms with E-state index in [1.54, 1.807) is 0 Å². The van der Waals surface area contributed by atoms with E-state index in [0.29, 0.717) is 19.3 Å². The van der Waals surface area contributed by atoms with Gasteiger partial charge >= 0.3 is 0 Å². The number of ether oxygens (including phenoxy) is 3. The molecule has 0 N–H and O–H groups in total. The van der Waals surface area contributed by atoms with Gasteiger partial charge in [-0.3, -0.25) is 4.68 Å². The lowest BCUT2D eigenvalue weighted by molar-refractivity contribution is 0.00641. The first-order chi connectivity index (χ1) is 13.2. The van der Waals surface area contributed by atoms with E-state index >= 15 is 0 Å². The molecule has 1 saturated heterocycles. The van der Waals surface area contributed by atoms with Crippen molar-refractivity contribution in [3.8, 4) is 22.8 Å². The summed E-state index contributed by atoms with van der Waals surface area (Å²) in [7, 11) is 4.14. The van der Waals surface area contributed by atoms with E-state index in [1.165, 1.54) is 24.8 Å². The zero-order valence-corrected chi connectivity index (χ0v) is 16.3. The quantitative estimate of drug-likeness (QED) is 0.780. The Morgan fingerprint density at radius 3 is 2.81 bits per heavy atom. The fourth-order valence-electron chi connectivity index (χ4n) is 3.86. The van der Waals surface area contributed by atoms with E-state index in [2.05, 4.69) is 24.2 Å². The maximum absolute atomic E-state index is 5.86. The largest absolute Gasteiger partial charge is 0.486 e. The summed E-state index contributed by atoms with van der Waals surface area (Å²) in [6.07, 6.45) is 7.33. The average molecular weight is 371 g/mol. The molecule has 4 rings (SSSR count). The first kappa shape index (κ1) is 18.3. The molecule has 0 aliphatic carbocycles. The van der Waals surface area contributed by atoms with Crippen molar-refractivity contribution in [1.82, 2.24) is 14.7 Å². The van der Waals surface area contributed by atoms with Gasteiger partial charge in [-0.25, -0.2) is 0 Å². The van der Waals surface area contributed by atoms with Crippen LogP contribution in [0.2, 0.25) is 0 Å². The minimum atomic E-state index is 0.423. The van der Waals surface area contributed by atoms with Crippen LogP contribution in [0.25, 0.3) is 11.3 Å².